The molecule has 0 spiro atoms. The van der Waals surface area contributed by atoms with E-state index in [2.05, 4.69) is 13.5 Å². The molecule has 0 aliphatic heterocycles. The highest BCUT2D eigenvalue weighted by Crippen LogP contribution is 2.63. The van der Waals surface area contributed by atoms with E-state index in [1.165, 1.54) is 6.42 Å². The molecule has 104 valence electrons. The second-order valence-corrected chi connectivity index (χ2v) is 6.64. The molecule has 2 aliphatic rings. The van der Waals surface area contributed by atoms with Crippen molar-refractivity contribution in [3.05, 3.63) is 12.2 Å². The van der Waals surface area contributed by atoms with Crippen molar-refractivity contribution in [1.29, 1.82) is 0 Å². The predicted molar refractivity (Wildman–Crippen MR) is 71.0 cm³/mol. The van der Waals surface area contributed by atoms with Crippen LogP contribution >= 0.6 is 0 Å². The average Bonchev–Trinajstić information content (AvgIpc) is 2.89. The zero-order valence-corrected chi connectivity index (χ0v) is 11.5. The zero-order valence-electron chi connectivity index (χ0n) is 11.5. The van der Waals surface area contributed by atoms with Gasteiger partial charge in [0.15, 0.2) is 0 Å². The van der Waals surface area contributed by atoms with Gasteiger partial charge in [0.05, 0.1) is 18.3 Å². The van der Waals surface area contributed by atoms with E-state index in [0.717, 1.165) is 19.3 Å². The second kappa shape index (κ2) is 4.62. The number of fused-ring (bicyclic) bond motifs is 2. The molecule has 2 aliphatic carbocycles. The second-order valence-electron chi connectivity index (χ2n) is 6.64. The number of hydrogen-bond acceptors (Lipinski definition) is 3. The number of aliphatic hydroxyl groups excluding tert-OH is 2. The summed E-state index contributed by atoms with van der Waals surface area (Å²) in [5.74, 6) is 0.998. The van der Waals surface area contributed by atoms with E-state index in [9.17, 15) is 10.2 Å². The first-order valence-electron chi connectivity index (χ1n) is 7.02. The van der Waals surface area contributed by atoms with Gasteiger partial charge in [-0.05, 0) is 61.9 Å². The van der Waals surface area contributed by atoms with E-state index in [-0.39, 0.29) is 12.0 Å². The van der Waals surface area contributed by atoms with E-state index >= 15 is 0 Å². The molecule has 3 N–H and O–H groups in total. The normalized spacial score (nSPS) is 44.3. The van der Waals surface area contributed by atoms with Crippen molar-refractivity contribution in [3.63, 3.8) is 0 Å². The molecular formula is C15H26O3. The quantitative estimate of drug-likeness (QED) is 0.656. The van der Waals surface area contributed by atoms with Gasteiger partial charge in [-0.25, -0.2) is 0 Å². The minimum Gasteiger partial charge on any atom is -0.392 e. The molecule has 0 aromatic carbocycles. The lowest BCUT2D eigenvalue weighted by Crippen LogP contribution is -2.49. The fourth-order valence-corrected chi connectivity index (χ4v) is 4.15. The fraction of sp³-hybridized carbons (Fsp3) is 0.867. The molecule has 5 atom stereocenters. The summed E-state index contributed by atoms with van der Waals surface area (Å²) in [5.41, 5.74) is -0.246. The van der Waals surface area contributed by atoms with Crippen molar-refractivity contribution in [2.75, 3.05) is 6.61 Å². The van der Waals surface area contributed by atoms with Gasteiger partial charge in [0.25, 0.3) is 0 Å². The van der Waals surface area contributed by atoms with E-state index in [0.29, 0.717) is 23.8 Å². The molecule has 0 saturated heterocycles. The van der Waals surface area contributed by atoms with Crippen LogP contribution < -0.4 is 0 Å². The van der Waals surface area contributed by atoms with Crippen molar-refractivity contribution < 1.29 is 15.3 Å². The van der Waals surface area contributed by atoms with Crippen molar-refractivity contribution >= 4 is 0 Å². The third kappa shape index (κ3) is 1.93. The van der Waals surface area contributed by atoms with Crippen LogP contribution in [0.3, 0.4) is 0 Å². The van der Waals surface area contributed by atoms with Crippen LogP contribution in [0.25, 0.3) is 0 Å². The summed E-state index contributed by atoms with van der Waals surface area (Å²) >= 11 is 0. The van der Waals surface area contributed by atoms with Crippen LogP contribution in [-0.4, -0.2) is 33.6 Å². The largest absolute Gasteiger partial charge is 0.392 e. The molecule has 2 fully saturated rings. The molecule has 2 bridgehead atoms. The highest BCUT2D eigenvalue weighted by atomic mass is 16.3. The average molecular weight is 254 g/mol. The third-order valence-electron chi connectivity index (χ3n) is 5.90. The lowest BCUT2D eigenvalue weighted by Gasteiger charge is -2.46. The minimum atomic E-state index is -0.651. The number of aliphatic hydroxyl groups is 3. The standard InChI is InChI=1S/C15H26O3/c1-10(9-16)13(17)6-7-14(2)11-4-5-12(8-11)15(14,3)18/h11-13,16-18H,1,4-9H2,2-3H3/t11?,12?,13?,14-,15+/m0/s1. The Hall–Kier alpha value is -0.380. The zero-order chi connectivity index (χ0) is 13.6. The van der Waals surface area contributed by atoms with E-state index in [1.54, 1.807) is 0 Å². The molecule has 0 heterocycles. The van der Waals surface area contributed by atoms with Gasteiger partial charge < -0.3 is 15.3 Å². The van der Waals surface area contributed by atoms with E-state index < -0.39 is 11.7 Å². The summed E-state index contributed by atoms with van der Waals surface area (Å²) in [4.78, 5) is 0. The summed E-state index contributed by atoms with van der Waals surface area (Å²) in [6.07, 6.45) is 4.19. The Morgan fingerprint density at radius 1 is 1.33 bits per heavy atom. The van der Waals surface area contributed by atoms with Crippen LogP contribution in [-0.2, 0) is 0 Å². The van der Waals surface area contributed by atoms with Crippen LogP contribution in [0.4, 0.5) is 0 Å². The van der Waals surface area contributed by atoms with Gasteiger partial charge in [-0.3, -0.25) is 0 Å². The predicted octanol–water partition coefficient (Wildman–Crippen LogP) is 1.86. The van der Waals surface area contributed by atoms with E-state index in [1.807, 2.05) is 6.92 Å². The molecule has 0 aromatic heterocycles. The van der Waals surface area contributed by atoms with Gasteiger partial charge >= 0.3 is 0 Å². The third-order valence-corrected chi connectivity index (χ3v) is 5.90. The van der Waals surface area contributed by atoms with Gasteiger partial charge in [-0.15, -0.1) is 0 Å². The number of hydrogen-bond donors (Lipinski definition) is 3. The fourth-order valence-electron chi connectivity index (χ4n) is 4.15. The summed E-state index contributed by atoms with van der Waals surface area (Å²) in [5, 5.41) is 29.6. The Balaban J connectivity index is 2.02. The molecule has 0 radical (unpaired) electrons. The Bertz CT molecular complexity index is 337. The molecular weight excluding hydrogens is 228 g/mol. The maximum absolute atomic E-state index is 10.8. The van der Waals surface area contributed by atoms with Crippen LogP contribution in [0.2, 0.25) is 0 Å². The van der Waals surface area contributed by atoms with Crippen LogP contribution in [0, 0.1) is 17.3 Å². The lowest BCUT2D eigenvalue weighted by molar-refractivity contribution is -0.107. The van der Waals surface area contributed by atoms with Crippen molar-refractivity contribution in [2.45, 2.75) is 57.7 Å². The SMILES string of the molecule is C=C(CO)C(O)CC[C@@]1(C)C2CCC(C2)[C@@]1(C)O. The molecule has 2 saturated carbocycles. The molecule has 3 nitrogen and oxygen atoms in total. The summed E-state index contributed by atoms with van der Waals surface area (Å²) in [6, 6.07) is 0. The lowest BCUT2D eigenvalue weighted by atomic mass is 9.62. The van der Waals surface area contributed by atoms with Gasteiger partial charge in [0.2, 0.25) is 0 Å². The van der Waals surface area contributed by atoms with Gasteiger partial charge in [-0.1, -0.05) is 13.5 Å². The maximum Gasteiger partial charge on any atom is 0.0769 e. The molecule has 3 unspecified atom stereocenters. The minimum absolute atomic E-state index is 0.105. The van der Waals surface area contributed by atoms with Crippen LogP contribution in [0.1, 0.15) is 46.0 Å². The van der Waals surface area contributed by atoms with Gasteiger partial charge in [0.1, 0.15) is 0 Å². The first-order chi connectivity index (χ1) is 8.33. The Kier molecular flexibility index (Phi) is 3.60. The summed E-state index contributed by atoms with van der Waals surface area (Å²) in [6.45, 7) is 7.62. The summed E-state index contributed by atoms with van der Waals surface area (Å²) < 4.78 is 0. The maximum atomic E-state index is 10.8. The Labute approximate surface area is 110 Å². The first kappa shape index (κ1) is 14.0. The molecule has 18 heavy (non-hydrogen) atoms. The van der Waals surface area contributed by atoms with Crippen LogP contribution in [0.15, 0.2) is 12.2 Å². The highest BCUT2D eigenvalue weighted by Gasteiger charge is 2.61. The Morgan fingerprint density at radius 2 is 1.94 bits per heavy atom. The van der Waals surface area contributed by atoms with Gasteiger partial charge in [-0.2, -0.15) is 0 Å². The molecule has 0 aromatic rings. The first-order valence-corrected chi connectivity index (χ1v) is 7.02. The van der Waals surface area contributed by atoms with Crippen molar-refractivity contribution in [2.24, 2.45) is 17.3 Å². The highest BCUT2D eigenvalue weighted by molar-refractivity contribution is 5.12. The topological polar surface area (TPSA) is 60.7 Å². The monoisotopic (exact) mass is 254 g/mol. The van der Waals surface area contributed by atoms with E-state index in [4.69, 9.17) is 5.11 Å². The number of rotatable bonds is 5. The molecule has 2 rings (SSSR count). The molecule has 0 amide bonds. The smallest absolute Gasteiger partial charge is 0.0769 e. The van der Waals surface area contributed by atoms with Crippen LogP contribution in [0.5, 0.6) is 0 Å². The Morgan fingerprint density at radius 3 is 2.44 bits per heavy atom. The van der Waals surface area contributed by atoms with Crippen molar-refractivity contribution in [1.82, 2.24) is 0 Å². The van der Waals surface area contributed by atoms with Gasteiger partial charge in [0, 0.05) is 0 Å². The summed E-state index contributed by atoms with van der Waals surface area (Å²) in [7, 11) is 0. The molecule has 3 heteroatoms. The van der Waals surface area contributed by atoms with Crippen molar-refractivity contribution in [3.8, 4) is 0 Å².